The van der Waals surface area contributed by atoms with E-state index in [2.05, 4.69) is 5.10 Å². The standard InChI is InChI=1S/C16H12ClF2N3O4/c1-25-14-4-8(7-21-22-16(20)24)2-3-13(14)26-15(23)9-5-11(18)12(19)6-10(9)17/h2-7H,1H3,(H3,20,22,24). The number of amides is 2. The zero-order valence-corrected chi connectivity index (χ0v) is 14.0. The number of urea groups is 1. The van der Waals surface area contributed by atoms with Crippen LogP contribution in [-0.4, -0.2) is 25.3 Å². The third kappa shape index (κ3) is 4.67. The molecule has 0 bridgehead atoms. The van der Waals surface area contributed by atoms with Gasteiger partial charge in [-0.25, -0.2) is 23.8 Å². The van der Waals surface area contributed by atoms with Crippen LogP contribution in [0.1, 0.15) is 15.9 Å². The highest BCUT2D eigenvalue weighted by molar-refractivity contribution is 6.33. The lowest BCUT2D eigenvalue weighted by Crippen LogP contribution is -2.24. The second kappa shape index (κ2) is 8.26. The van der Waals surface area contributed by atoms with E-state index in [1.54, 1.807) is 0 Å². The zero-order valence-electron chi connectivity index (χ0n) is 13.3. The van der Waals surface area contributed by atoms with Crippen LogP contribution >= 0.6 is 11.6 Å². The van der Waals surface area contributed by atoms with E-state index < -0.39 is 23.6 Å². The van der Waals surface area contributed by atoms with Crippen molar-refractivity contribution in [2.75, 3.05) is 7.11 Å². The molecule has 0 saturated heterocycles. The Balaban J connectivity index is 2.23. The molecular weight excluding hydrogens is 372 g/mol. The summed E-state index contributed by atoms with van der Waals surface area (Å²) in [6.45, 7) is 0. The average Bonchev–Trinajstić information content (AvgIpc) is 2.58. The maximum Gasteiger partial charge on any atom is 0.345 e. The molecule has 0 aliphatic rings. The molecule has 0 spiro atoms. The second-order valence-electron chi connectivity index (χ2n) is 4.78. The Morgan fingerprint density at radius 3 is 2.54 bits per heavy atom. The number of carbonyl (C=O) groups excluding carboxylic acids is 2. The summed E-state index contributed by atoms with van der Waals surface area (Å²) in [6, 6.07) is 4.84. The van der Waals surface area contributed by atoms with Gasteiger partial charge in [0.1, 0.15) is 0 Å². The number of hydrogen-bond acceptors (Lipinski definition) is 5. The molecule has 0 unspecified atom stereocenters. The van der Waals surface area contributed by atoms with Crippen molar-refractivity contribution < 1.29 is 27.8 Å². The van der Waals surface area contributed by atoms with E-state index in [4.69, 9.17) is 26.8 Å². The Morgan fingerprint density at radius 2 is 1.88 bits per heavy atom. The Labute approximate surface area is 151 Å². The van der Waals surface area contributed by atoms with Crippen LogP contribution in [0.3, 0.4) is 0 Å². The minimum Gasteiger partial charge on any atom is -0.493 e. The first-order valence-electron chi connectivity index (χ1n) is 6.95. The molecular formula is C16H12ClF2N3O4. The summed E-state index contributed by atoms with van der Waals surface area (Å²) in [7, 11) is 1.33. The number of rotatable bonds is 5. The molecule has 0 radical (unpaired) electrons. The lowest BCUT2D eigenvalue weighted by atomic mass is 10.2. The van der Waals surface area contributed by atoms with Crippen LogP contribution < -0.4 is 20.6 Å². The number of methoxy groups -OCH3 is 1. The van der Waals surface area contributed by atoms with Gasteiger partial charge in [-0.1, -0.05) is 11.6 Å². The minimum absolute atomic E-state index is 0.0123. The topological polar surface area (TPSA) is 103 Å². The third-order valence-corrected chi connectivity index (χ3v) is 3.32. The molecule has 0 aromatic heterocycles. The van der Waals surface area contributed by atoms with Crippen molar-refractivity contribution in [1.82, 2.24) is 5.43 Å². The first kappa shape index (κ1) is 19.1. The maximum atomic E-state index is 13.3. The lowest BCUT2D eigenvalue weighted by molar-refractivity contribution is 0.0729. The maximum absolute atomic E-state index is 13.3. The van der Waals surface area contributed by atoms with Crippen molar-refractivity contribution in [2.45, 2.75) is 0 Å². The molecule has 2 aromatic rings. The first-order valence-corrected chi connectivity index (χ1v) is 7.33. The third-order valence-electron chi connectivity index (χ3n) is 3.01. The minimum atomic E-state index is -1.23. The summed E-state index contributed by atoms with van der Waals surface area (Å²) in [5.74, 6) is -3.25. The fraction of sp³-hybridized carbons (Fsp3) is 0.0625. The van der Waals surface area contributed by atoms with E-state index in [-0.39, 0.29) is 22.1 Å². The molecule has 3 N–H and O–H groups in total. The van der Waals surface area contributed by atoms with Crippen molar-refractivity contribution in [2.24, 2.45) is 10.8 Å². The smallest absolute Gasteiger partial charge is 0.345 e. The summed E-state index contributed by atoms with van der Waals surface area (Å²) in [6.07, 6.45) is 1.28. The Bertz CT molecular complexity index is 890. The number of nitrogens with zero attached hydrogens (tertiary/aromatic N) is 1. The van der Waals surface area contributed by atoms with E-state index in [9.17, 15) is 18.4 Å². The van der Waals surface area contributed by atoms with Crippen molar-refractivity contribution >= 4 is 29.8 Å². The molecule has 0 heterocycles. The molecule has 7 nitrogen and oxygen atoms in total. The van der Waals surface area contributed by atoms with E-state index in [1.165, 1.54) is 31.5 Å². The van der Waals surface area contributed by atoms with Gasteiger partial charge in [0.2, 0.25) is 0 Å². The van der Waals surface area contributed by atoms with Crippen molar-refractivity contribution in [3.8, 4) is 11.5 Å². The highest BCUT2D eigenvalue weighted by Gasteiger charge is 2.18. The molecule has 26 heavy (non-hydrogen) atoms. The molecule has 10 heteroatoms. The number of nitrogens with two attached hydrogens (primary N) is 1. The van der Waals surface area contributed by atoms with Gasteiger partial charge in [0.25, 0.3) is 0 Å². The molecule has 0 atom stereocenters. The number of nitrogens with one attached hydrogen (secondary N) is 1. The van der Waals surface area contributed by atoms with Gasteiger partial charge in [-0.3, -0.25) is 0 Å². The number of primary amides is 1. The van der Waals surface area contributed by atoms with Gasteiger partial charge in [-0.15, -0.1) is 0 Å². The van der Waals surface area contributed by atoms with Gasteiger partial charge in [0, 0.05) is 0 Å². The fourth-order valence-corrected chi connectivity index (χ4v) is 2.08. The Morgan fingerprint density at radius 1 is 1.19 bits per heavy atom. The van der Waals surface area contributed by atoms with Gasteiger partial charge < -0.3 is 15.2 Å². The van der Waals surface area contributed by atoms with Gasteiger partial charge in [-0.05, 0) is 35.9 Å². The van der Waals surface area contributed by atoms with Crippen LogP contribution in [0.4, 0.5) is 13.6 Å². The van der Waals surface area contributed by atoms with Crippen LogP contribution in [0.15, 0.2) is 35.4 Å². The molecule has 136 valence electrons. The van der Waals surface area contributed by atoms with Crippen molar-refractivity contribution in [3.63, 3.8) is 0 Å². The van der Waals surface area contributed by atoms with Crippen LogP contribution in [0.5, 0.6) is 11.5 Å². The van der Waals surface area contributed by atoms with Crippen LogP contribution in [0.2, 0.25) is 5.02 Å². The van der Waals surface area contributed by atoms with Crippen LogP contribution in [-0.2, 0) is 0 Å². The Kier molecular flexibility index (Phi) is 6.07. The summed E-state index contributed by atoms with van der Waals surface area (Å²) in [5, 5.41) is 3.28. The van der Waals surface area contributed by atoms with E-state index in [0.717, 1.165) is 0 Å². The highest BCUT2D eigenvalue weighted by Crippen LogP contribution is 2.29. The van der Waals surface area contributed by atoms with Crippen LogP contribution in [0, 0.1) is 11.6 Å². The van der Waals surface area contributed by atoms with Gasteiger partial charge in [-0.2, -0.15) is 5.10 Å². The number of hydrogen-bond donors (Lipinski definition) is 2. The number of ether oxygens (including phenoxy) is 2. The number of halogens is 3. The normalized spacial score (nSPS) is 10.6. The molecule has 0 aliphatic carbocycles. The predicted molar refractivity (Wildman–Crippen MR) is 89.6 cm³/mol. The lowest BCUT2D eigenvalue weighted by Gasteiger charge is -2.11. The molecule has 0 saturated carbocycles. The largest absolute Gasteiger partial charge is 0.493 e. The summed E-state index contributed by atoms with van der Waals surface area (Å²) >= 11 is 5.74. The number of esters is 1. The van der Waals surface area contributed by atoms with E-state index in [1.807, 2.05) is 5.43 Å². The number of carbonyl (C=O) groups is 2. The molecule has 2 aromatic carbocycles. The molecule has 0 aliphatic heterocycles. The quantitative estimate of drug-likeness (QED) is 0.272. The highest BCUT2D eigenvalue weighted by atomic mass is 35.5. The van der Waals surface area contributed by atoms with Gasteiger partial charge in [0.05, 0.1) is 23.9 Å². The van der Waals surface area contributed by atoms with E-state index in [0.29, 0.717) is 17.7 Å². The van der Waals surface area contributed by atoms with Crippen LogP contribution in [0.25, 0.3) is 0 Å². The summed E-state index contributed by atoms with van der Waals surface area (Å²) < 4.78 is 36.6. The summed E-state index contributed by atoms with van der Waals surface area (Å²) in [4.78, 5) is 22.7. The Hall–Kier alpha value is -3.20. The van der Waals surface area contributed by atoms with Gasteiger partial charge in [0.15, 0.2) is 23.1 Å². The summed E-state index contributed by atoms with van der Waals surface area (Å²) in [5.41, 5.74) is 7.05. The SMILES string of the molecule is COc1cc(C=NNC(N)=O)ccc1OC(=O)c1cc(F)c(F)cc1Cl. The number of benzene rings is 2. The molecule has 2 amide bonds. The van der Waals surface area contributed by atoms with E-state index >= 15 is 0 Å². The van der Waals surface area contributed by atoms with Crippen molar-refractivity contribution in [3.05, 3.63) is 58.1 Å². The number of hydrazone groups is 1. The second-order valence-corrected chi connectivity index (χ2v) is 5.19. The zero-order chi connectivity index (χ0) is 19.3. The van der Waals surface area contributed by atoms with Crippen molar-refractivity contribution in [1.29, 1.82) is 0 Å². The average molecular weight is 384 g/mol. The van der Waals surface area contributed by atoms with Gasteiger partial charge >= 0.3 is 12.0 Å². The molecule has 0 fully saturated rings. The molecule has 2 rings (SSSR count). The first-order chi connectivity index (χ1) is 12.3. The fourth-order valence-electron chi connectivity index (χ4n) is 1.85. The monoisotopic (exact) mass is 383 g/mol. The predicted octanol–water partition coefficient (Wildman–Crippen LogP) is 2.85.